The van der Waals surface area contributed by atoms with Crippen molar-refractivity contribution in [1.82, 2.24) is 19.6 Å². The van der Waals surface area contributed by atoms with Gasteiger partial charge in [-0.15, -0.1) is 0 Å². The summed E-state index contributed by atoms with van der Waals surface area (Å²) in [6.07, 6.45) is -1.88. The van der Waals surface area contributed by atoms with Crippen molar-refractivity contribution in [3.05, 3.63) is 107 Å². The first-order chi connectivity index (χ1) is 18.2. The highest BCUT2D eigenvalue weighted by atomic mass is 19.4. The third kappa shape index (κ3) is 5.11. The number of ether oxygens (including phenoxy) is 1. The SMILES string of the molecule is O=C(Nc1cc(Oc2cccnc2)cc([N+](=O)[O-])c1)c1cc2nc(-c3ccccc3)cc(C(F)(F)F)n2n1. The number of rotatable bonds is 6. The largest absolute Gasteiger partial charge is 0.455 e. The van der Waals surface area contributed by atoms with E-state index in [1.54, 1.807) is 42.5 Å². The minimum atomic E-state index is -4.79. The molecule has 1 N–H and O–H groups in total. The smallest absolute Gasteiger partial charge is 0.433 e. The van der Waals surface area contributed by atoms with Gasteiger partial charge in [0.2, 0.25) is 0 Å². The molecule has 0 spiro atoms. The van der Waals surface area contributed by atoms with Crippen molar-refractivity contribution in [3.8, 4) is 22.8 Å². The van der Waals surface area contributed by atoms with Crippen molar-refractivity contribution in [1.29, 1.82) is 0 Å². The van der Waals surface area contributed by atoms with Crippen molar-refractivity contribution in [3.63, 3.8) is 0 Å². The molecule has 0 saturated heterocycles. The normalized spacial score (nSPS) is 11.3. The summed E-state index contributed by atoms with van der Waals surface area (Å²) in [6.45, 7) is 0. The summed E-state index contributed by atoms with van der Waals surface area (Å²) in [5.74, 6) is -0.575. The summed E-state index contributed by atoms with van der Waals surface area (Å²) < 4.78 is 47.6. The van der Waals surface area contributed by atoms with Gasteiger partial charge in [0.15, 0.2) is 17.0 Å². The lowest BCUT2D eigenvalue weighted by Gasteiger charge is -2.11. The molecule has 38 heavy (non-hydrogen) atoms. The number of non-ortho nitro benzene ring substituents is 1. The van der Waals surface area contributed by atoms with Gasteiger partial charge in [-0.2, -0.15) is 18.3 Å². The van der Waals surface area contributed by atoms with Crippen LogP contribution in [0.2, 0.25) is 0 Å². The summed E-state index contributed by atoms with van der Waals surface area (Å²) >= 11 is 0. The molecule has 3 heterocycles. The summed E-state index contributed by atoms with van der Waals surface area (Å²) in [5.41, 5.74) is -1.63. The van der Waals surface area contributed by atoms with Crippen LogP contribution >= 0.6 is 0 Å². The Morgan fingerprint density at radius 1 is 1.00 bits per heavy atom. The van der Waals surface area contributed by atoms with Crippen molar-refractivity contribution in [2.45, 2.75) is 6.18 Å². The molecule has 1 amide bonds. The zero-order chi connectivity index (χ0) is 26.9. The number of halogens is 3. The van der Waals surface area contributed by atoms with E-state index < -0.39 is 22.7 Å². The van der Waals surface area contributed by atoms with Gasteiger partial charge in [-0.25, -0.2) is 9.50 Å². The van der Waals surface area contributed by atoms with Gasteiger partial charge >= 0.3 is 6.18 Å². The van der Waals surface area contributed by atoms with Gasteiger partial charge in [0.1, 0.15) is 11.5 Å². The molecule has 0 aliphatic carbocycles. The highest BCUT2D eigenvalue weighted by Crippen LogP contribution is 2.33. The minimum absolute atomic E-state index is 0.0332. The Labute approximate surface area is 211 Å². The maximum atomic E-state index is 13.8. The van der Waals surface area contributed by atoms with Crippen molar-refractivity contribution >= 4 is 22.9 Å². The van der Waals surface area contributed by atoms with Crippen LogP contribution in [0.15, 0.2) is 85.2 Å². The third-order valence-corrected chi connectivity index (χ3v) is 5.25. The first-order valence-corrected chi connectivity index (χ1v) is 10.9. The molecule has 5 aromatic rings. The van der Waals surface area contributed by atoms with E-state index in [0.29, 0.717) is 15.8 Å². The second kappa shape index (κ2) is 9.61. The molecule has 2 aromatic carbocycles. The quantitative estimate of drug-likeness (QED) is 0.223. The first kappa shape index (κ1) is 24.4. The van der Waals surface area contributed by atoms with E-state index in [0.717, 1.165) is 24.3 Å². The van der Waals surface area contributed by atoms with Crippen LogP contribution < -0.4 is 10.1 Å². The van der Waals surface area contributed by atoms with Crippen LogP contribution in [0.5, 0.6) is 11.5 Å². The number of nitrogens with zero attached hydrogens (tertiary/aromatic N) is 5. The molecule has 0 saturated carbocycles. The monoisotopic (exact) mass is 520 g/mol. The molecule has 0 fully saturated rings. The molecule has 0 aliphatic heterocycles. The first-order valence-electron chi connectivity index (χ1n) is 10.9. The number of hydrogen-bond donors (Lipinski definition) is 1. The second-order valence-corrected chi connectivity index (χ2v) is 7.91. The topological polar surface area (TPSA) is 125 Å². The molecule has 0 unspecified atom stereocenters. The summed E-state index contributed by atoms with van der Waals surface area (Å²) in [5, 5.41) is 17.6. The number of alkyl halides is 3. The Balaban J connectivity index is 1.50. The summed E-state index contributed by atoms with van der Waals surface area (Å²) in [4.78, 5) is 31.8. The summed E-state index contributed by atoms with van der Waals surface area (Å²) in [7, 11) is 0. The van der Waals surface area contributed by atoms with E-state index in [1.807, 2.05) is 0 Å². The van der Waals surface area contributed by atoms with Crippen LogP contribution in [-0.4, -0.2) is 30.4 Å². The molecule has 13 heteroatoms. The molecular formula is C25H15F3N6O4. The van der Waals surface area contributed by atoms with Gasteiger partial charge in [-0.1, -0.05) is 30.3 Å². The van der Waals surface area contributed by atoms with E-state index in [-0.39, 0.29) is 34.2 Å². The van der Waals surface area contributed by atoms with Crippen LogP contribution in [0.3, 0.4) is 0 Å². The van der Waals surface area contributed by atoms with Gasteiger partial charge in [0.25, 0.3) is 11.6 Å². The minimum Gasteiger partial charge on any atom is -0.455 e. The molecule has 0 atom stereocenters. The fourth-order valence-corrected chi connectivity index (χ4v) is 3.60. The number of nitrogens with one attached hydrogen (secondary N) is 1. The highest BCUT2D eigenvalue weighted by molar-refractivity contribution is 6.03. The average molecular weight is 520 g/mol. The number of anilines is 1. The molecule has 0 aliphatic rings. The second-order valence-electron chi connectivity index (χ2n) is 7.91. The number of nitro benzene ring substituents is 1. The lowest BCUT2D eigenvalue weighted by atomic mass is 10.1. The molecule has 10 nitrogen and oxygen atoms in total. The Morgan fingerprint density at radius 2 is 1.79 bits per heavy atom. The lowest BCUT2D eigenvalue weighted by molar-refractivity contribution is -0.384. The number of hydrogen-bond acceptors (Lipinski definition) is 7. The average Bonchev–Trinajstić information content (AvgIpc) is 3.33. The van der Waals surface area contributed by atoms with Crippen LogP contribution in [0.25, 0.3) is 16.9 Å². The van der Waals surface area contributed by atoms with Crippen molar-refractivity contribution in [2.24, 2.45) is 0 Å². The van der Waals surface area contributed by atoms with Crippen LogP contribution in [0.1, 0.15) is 16.2 Å². The Hall–Kier alpha value is -5.33. The Morgan fingerprint density at radius 3 is 2.47 bits per heavy atom. The van der Waals surface area contributed by atoms with Gasteiger partial charge in [-0.05, 0) is 18.2 Å². The van der Waals surface area contributed by atoms with E-state index in [4.69, 9.17) is 4.74 Å². The number of amides is 1. The van der Waals surface area contributed by atoms with E-state index in [2.05, 4.69) is 20.4 Å². The molecule has 0 bridgehead atoms. The van der Waals surface area contributed by atoms with Crippen LogP contribution in [-0.2, 0) is 6.18 Å². The Bertz CT molecular complexity index is 1660. The number of carbonyl (C=O) groups is 1. The third-order valence-electron chi connectivity index (χ3n) is 5.25. The molecular weight excluding hydrogens is 505 g/mol. The number of pyridine rings is 1. The predicted octanol–water partition coefficient (Wildman–Crippen LogP) is 5.76. The molecule has 3 aromatic heterocycles. The summed E-state index contributed by atoms with van der Waals surface area (Å²) in [6, 6.07) is 16.9. The van der Waals surface area contributed by atoms with E-state index in [1.165, 1.54) is 18.5 Å². The maximum Gasteiger partial charge on any atom is 0.433 e. The highest BCUT2D eigenvalue weighted by Gasteiger charge is 2.35. The fourth-order valence-electron chi connectivity index (χ4n) is 3.60. The van der Waals surface area contributed by atoms with Gasteiger partial charge in [-0.3, -0.25) is 19.9 Å². The van der Waals surface area contributed by atoms with E-state index >= 15 is 0 Å². The number of carbonyl (C=O) groups excluding carboxylic acids is 1. The molecule has 5 rings (SSSR count). The number of nitro groups is 1. The molecule has 190 valence electrons. The standard InChI is InChI=1S/C25H15F3N6O4/c26-25(27,28)22-12-20(15-5-2-1-3-6-15)31-23-13-21(32-33(22)23)24(35)30-16-9-17(34(36)37)11-19(10-16)38-18-7-4-8-29-14-18/h1-14H,(H,30,35). The zero-order valence-electron chi connectivity index (χ0n) is 19.1. The van der Waals surface area contributed by atoms with Crippen LogP contribution in [0, 0.1) is 10.1 Å². The van der Waals surface area contributed by atoms with Gasteiger partial charge in [0.05, 0.1) is 28.6 Å². The maximum absolute atomic E-state index is 13.8. The van der Waals surface area contributed by atoms with Gasteiger partial charge < -0.3 is 10.1 Å². The molecule has 0 radical (unpaired) electrons. The predicted molar refractivity (Wildman–Crippen MR) is 129 cm³/mol. The van der Waals surface area contributed by atoms with E-state index in [9.17, 15) is 28.1 Å². The zero-order valence-corrected chi connectivity index (χ0v) is 19.1. The fraction of sp³-hybridized carbons (Fsp3) is 0.0400. The van der Waals surface area contributed by atoms with Gasteiger partial charge in [0, 0.05) is 30.0 Å². The lowest BCUT2D eigenvalue weighted by Crippen LogP contribution is -2.16. The van der Waals surface area contributed by atoms with Crippen molar-refractivity contribution < 1.29 is 27.6 Å². The number of benzene rings is 2. The number of fused-ring (bicyclic) bond motifs is 1. The van der Waals surface area contributed by atoms with Crippen LogP contribution in [0.4, 0.5) is 24.5 Å². The Kier molecular flexibility index (Phi) is 6.16. The van der Waals surface area contributed by atoms with Crippen molar-refractivity contribution in [2.75, 3.05) is 5.32 Å². The number of aromatic nitrogens is 4.